The van der Waals surface area contributed by atoms with Crippen molar-refractivity contribution in [2.45, 2.75) is 53.2 Å². The topological polar surface area (TPSA) is 74.2 Å². The number of Topliss-reactive ketones (excluding diaryl/α,β-unsaturated/α-hetero) is 1. The summed E-state index contributed by atoms with van der Waals surface area (Å²) in [6.45, 7) is 14.4. The number of allylic oxidation sites excluding steroid dienone is 2. The van der Waals surface area contributed by atoms with Crippen LogP contribution in [0.2, 0.25) is 0 Å². The lowest BCUT2D eigenvalue weighted by molar-refractivity contribution is -0.114. The molecule has 0 saturated carbocycles. The predicted molar refractivity (Wildman–Crippen MR) is 113 cm³/mol. The van der Waals surface area contributed by atoms with E-state index in [0.29, 0.717) is 30.8 Å². The van der Waals surface area contributed by atoms with E-state index in [2.05, 4.69) is 16.9 Å². The van der Waals surface area contributed by atoms with Crippen LogP contribution in [-0.2, 0) is 9.53 Å². The summed E-state index contributed by atoms with van der Waals surface area (Å²) in [6, 6.07) is 0.0795. The van der Waals surface area contributed by atoms with Crippen molar-refractivity contribution >= 4 is 11.5 Å². The molecule has 154 valence electrons. The van der Waals surface area contributed by atoms with E-state index in [1.54, 1.807) is 27.3 Å². The summed E-state index contributed by atoms with van der Waals surface area (Å²) in [4.78, 5) is 18.3. The van der Waals surface area contributed by atoms with E-state index in [0.717, 1.165) is 17.8 Å². The summed E-state index contributed by atoms with van der Waals surface area (Å²) < 4.78 is 5.19. The molecule has 0 aliphatic carbocycles. The molecule has 0 rings (SSSR count). The van der Waals surface area contributed by atoms with Crippen LogP contribution in [0, 0.1) is 0 Å². The Morgan fingerprint density at radius 3 is 2.44 bits per heavy atom. The fourth-order valence-electron chi connectivity index (χ4n) is 2.67. The van der Waals surface area contributed by atoms with Crippen molar-refractivity contribution in [2.24, 2.45) is 4.99 Å². The normalized spacial score (nSPS) is 15.7. The molecule has 0 fully saturated rings. The van der Waals surface area contributed by atoms with E-state index in [4.69, 9.17) is 4.74 Å². The van der Waals surface area contributed by atoms with Gasteiger partial charge >= 0.3 is 0 Å². The number of rotatable bonds is 13. The monoisotopic (exact) mass is 379 g/mol. The molecule has 0 aromatic carbocycles. The van der Waals surface area contributed by atoms with Gasteiger partial charge in [-0.3, -0.25) is 9.79 Å². The number of aliphatic imine (C=N–C) groups is 1. The van der Waals surface area contributed by atoms with Gasteiger partial charge in [-0.2, -0.15) is 0 Å². The van der Waals surface area contributed by atoms with Crippen LogP contribution in [0.3, 0.4) is 0 Å². The first-order valence-corrected chi connectivity index (χ1v) is 9.35. The SMILES string of the molecule is C=CN(C/C(C(C)=O)=C(\C)C(O)CN/C(C)=C/C(CC)=N\C)C(C)COC. The summed E-state index contributed by atoms with van der Waals surface area (Å²) >= 11 is 0. The van der Waals surface area contributed by atoms with Crippen LogP contribution in [-0.4, -0.2) is 67.5 Å². The maximum absolute atomic E-state index is 12.2. The van der Waals surface area contributed by atoms with Crippen LogP contribution < -0.4 is 5.32 Å². The Kier molecular flexibility index (Phi) is 12.3. The third-order valence-corrected chi connectivity index (χ3v) is 4.56. The number of ketones is 1. The first-order valence-electron chi connectivity index (χ1n) is 9.35. The van der Waals surface area contributed by atoms with Crippen molar-refractivity contribution < 1.29 is 14.6 Å². The zero-order valence-corrected chi connectivity index (χ0v) is 18.0. The quantitative estimate of drug-likeness (QED) is 0.380. The highest BCUT2D eigenvalue weighted by Crippen LogP contribution is 2.14. The van der Waals surface area contributed by atoms with Gasteiger partial charge in [0.05, 0.1) is 12.7 Å². The first kappa shape index (κ1) is 25.1. The van der Waals surface area contributed by atoms with Gasteiger partial charge in [0.25, 0.3) is 0 Å². The number of nitrogens with one attached hydrogen (secondary N) is 1. The Morgan fingerprint density at radius 2 is 2.00 bits per heavy atom. The lowest BCUT2D eigenvalue weighted by Crippen LogP contribution is -2.36. The van der Waals surface area contributed by atoms with Gasteiger partial charge in [0.15, 0.2) is 5.78 Å². The number of carbonyl (C=O) groups is 1. The highest BCUT2D eigenvalue weighted by molar-refractivity contribution is 5.95. The fraction of sp³-hybridized carbons (Fsp3) is 0.619. The van der Waals surface area contributed by atoms with Crippen LogP contribution >= 0.6 is 0 Å². The molecule has 2 unspecified atom stereocenters. The van der Waals surface area contributed by atoms with Gasteiger partial charge in [0.2, 0.25) is 0 Å². The zero-order valence-electron chi connectivity index (χ0n) is 18.0. The Bertz CT molecular complexity index is 579. The molecular weight excluding hydrogens is 342 g/mol. The molecule has 0 aromatic heterocycles. The molecule has 27 heavy (non-hydrogen) atoms. The van der Waals surface area contributed by atoms with Gasteiger partial charge in [-0.05, 0) is 52.0 Å². The summed E-state index contributed by atoms with van der Waals surface area (Å²) in [5.74, 6) is -0.0540. The predicted octanol–water partition coefficient (Wildman–Crippen LogP) is 2.71. The largest absolute Gasteiger partial charge is 0.387 e. The molecule has 6 nitrogen and oxygen atoms in total. The molecule has 2 N–H and O–H groups in total. The van der Waals surface area contributed by atoms with Crippen molar-refractivity contribution in [3.8, 4) is 0 Å². The number of aliphatic hydroxyl groups excluding tert-OH is 1. The second-order valence-corrected chi connectivity index (χ2v) is 6.67. The molecule has 0 radical (unpaired) electrons. The Morgan fingerprint density at radius 1 is 1.37 bits per heavy atom. The molecule has 0 aliphatic heterocycles. The Labute approximate surface area is 164 Å². The third kappa shape index (κ3) is 9.02. The molecule has 0 spiro atoms. The van der Waals surface area contributed by atoms with Gasteiger partial charge in [-0.1, -0.05) is 13.5 Å². The van der Waals surface area contributed by atoms with E-state index >= 15 is 0 Å². The van der Waals surface area contributed by atoms with Crippen LogP contribution in [0.25, 0.3) is 0 Å². The molecular formula is C21H37N3O3. The minimum absolute atomic E-state index is 0.0540. The number of carbonyl (C=O) groups excluding carboxylic acids is 1. The molecule has 0 aromatic rings. The van der Waals surface area contributed by atoms with Gasteiger partial charge in [0, 0.05) is 50.3 Å². The molecule has 0 amide bonds. The average Bonchev–Trinajstić information content (AvgIpc) is 2.64. The number of nitrogens with zero attached hydrogens (tertiary/aromatic N) is 2. The lowest BCUT2D eigenvalue weighted by Gasteiger charge is -2.29. The Balaban J connectivity index is 5.24. The summed E-state index contributed by atoms with van der Waals surface area (Å²) in [5, 5.41) is 13.8. The van der Waals surface area contributed by atoms with Crippen molar-refractivity contribution in [3.63, 3.8) is 0 Å². The van der Waals surface area contributed by atoms with E-state index in [-0.39, 0.29) is 11.8 Å². The average molecular weight is 380 g/mol. The van der Waals surface area contributed by atoms with Crippen LogP contribution in [0.4, 0.5) is 0 Å². The number of aliphatic hydroxyl groups is 1. The summed E-state index contributed by atoms with van der Waals surface area (Å²) in [7, 11) is 3.41. The van der Waals surface area contributed by atoms with Gasteiger partial charge in [0.1, 0.15) is 0 Å². The third-order valence-electron chi connectivity index (χ3n) is 4.56. The standard InChI is InChI=1S/C21H37N3O3/c1-9-19(22-7)11-15(3)23-12-21(26)17(5)20(18(6)25)13-24(10-2)16(4)14-27-8/h10-11,16,21,23,26H,2,9,12-14H2,1,3-8H3/b15-11+,20-17-,22-19-. The van der Waals surface area contributed by atoms with Gasteiger partial charge in [-0.15, -0.1) is 0 Å². The number of ether oxygens (including phenoxy) is 1. The van der Waals surface area contributed by atoms with Gasteiger partial charge in [-0.25, -0.2) is 0 Å². The lowest BCUT2D eigenvalue weighted by atomic mass is 10.00. The number of hydrogen-bond acceptors (Lipinski definition) is 6. The summed E-state index contributed by atoms with van der Waals surface area (Å²) in [6.07, 6.45) is 3.75. The van der Waals surface area contributed by atoms with E-state index in [9.17, 15) is 9.90 Å². The molecule has 0 saturated heterocycles. The second-order valence-electron chi connectivity index (χ2n) is 6.67. The number of methoxy groups -OCH3 is 1. The maximum atomic E-state index is 12.2. The zero-order chi connectivity index (χ0) is 21.0. The maximum Gasteiger partial charge on any atom is 0.157 e. The minimum Gasteiger partial charge on any atom is -0.387 e. The van der Waals surface area contributed by atoms with Crippen LogP contribution in [0.15, 0.2) is 40.7 Å². The Hall–Kier alpha value is -1.92. The van der Waals surface area contributed by atoms with Crippen molar-refractivity contribution in [2.75, 3.05) is 33.9 Å². The van der Waals surface area contributed by atoms with Crippen molar-refractivity contribution in [3.05, 3.63) is 35.7 Å². The first-order chi connectivity index (χ1) is 12.7. The molecule has 2 atom stereocenters. The highest BCUT2D eigenvalue weighted by Gasteiger charge is 2.19. The molecule has 0 bridgehead atoms. The smallest absolute Gasteiger partial charge is 0.157 e. The number of hydrogen-bond donors (Lipinski definition) is 2. The fourth-order valence-corrected chi connectivity index (χ4v) is 2.67. The minimum atomic E-state index is -0.764. The van der Waals surface area contributed by atoms with E-state index in [1.807, 2.05) is 31.7 Å². The van der Waals surface area contributed by atoms with Crippen LogP contribution in [0.5, 0.6) is 0 Å². The van der Waals surface area contributed by atoms with Gasteiger partial charge < -0.3 is 20.1 Å². The molecule has 6 heteroatoms. The van der Waals surface area contributed by atoms with Crippen molar-refractivity contribution in [1.82, 2.24) is 10.2 Å². The molecule has 0 heterocycles. The van der Waals surface area contributed by atoms with E-state index in [1.165, 1.54) is 6.92 Å². The highest BCUT2D eigenvalue weighted by atomic mass is 16.5. The van der Waals surface area contributed by atoms with E-state index < -0.39 is 6.10 Å². The summed E-state index contributed by atoms with van der Waals surface area (Å²) in [5.41, 5.74) is 3.17. The molecule has 0 aliphatic rings. The van der Waals surface area contributed by atoms with Crippen molar-refractivity contribution in [1.29, 1.82) is 0 Å². The van der Waals surface area contributed by atoms with Crippen LogP contribution in [0.1, 0.15) is 41.0 Å². The second kappa shape index (κ2) is 13.3.